The Labute approximate surface area is 135 Å². The Kier molecular flexibility index (Phi) is 5.20. The summed E-state index contributed by atoms with van der Waals surface area (Å²) in [5.41, 5.74) is 0.224. The molecule has 2 aromatic heterocycles. The van der Waals surface area contributed by atoms with Crippen LogP contribution in [-0.4, -0.2) is 41.5 Å². The van der Waals surface area contributed by atoms with Crippen molar-refractivity contribution in [3.63, 3.8) is 0 Å². The summed E-state index contributed by atoms with van der Waals surface area (Å²) in [7, 11) is 3.69. The van der Waals surface area contributed by atoms with Crippen LogP contribution in [0.3, 0.4) is 0 Å². The van der Waals surface area contributed by atoms with Crippen LogP contribution in [-0.2, 0) is 0 Å². The van der Waals surface area contributed by atoms with Gasteiger partial charge < -0.3 is 4.90 Å². The fourth-order valence-corrected chi connectivity index (χ4v) is 1.97. The highest BCUT2D eigenvalue weighted by Gasteiger charge is 2.21. The van der Waals surface area contributed by atoms with Crippen molar-refractivity contribution in [3.8, 4) is 0 Å². The molecule has 0 fully saturated rings. The van der Waals surface area contributed by atoms with Crippen LogP contribution in [0.5, 0.6) is 0 Å². The zero-order valence-corrected chi connectivity index (χ0v) is 13.7. The van der Waals surface area contributed by atoms with E-state index in [2.05, 4.69) is 15.0 Å². The molecule has 2 heterocycles. The van der Waals surface area contributed by atoms with Crippen molar-refractivity contribution in [2.45, 2.75) is 13.8 Å². The summed E-state index contributed by atoms with van der Waals surface area (Å²) in [6.45, 7) is 4.43. The van der Waals surface area contributed by atoms with Crippen LogP contribution in [0.2, 0.25) is 0 Å². The molecular weight excluding hydrogens is 297 g/mol. The Morgan fingerprint density at radius 2 is 1.78 bits per heavy atom. The lowest BCUT2D eigenvalue weighted by Gasteiger charge is -2.23. The molecule has 1 amide bonds. The smallest absolute Gasteiger partial charge is 0.279 e. The lowest BCUT2D eigenvalue weighted by Crippen LogP contribution is -2.35. The molecule has 0 unspecified atom stereocenters. The first-order valence-electron chi connectivity index (χ1n) is 7.31. The van der Waals surface area contributed by atoms with Crippen molar-refractivity contribution < 1.29 is 9.18 Å². The summed E-state index contributed by atoms with van der Waals surface area (Å²) in [6, 6.07) is 2.76. The number of hydrogen-bond donors (Lipinski definition) is 0. The topological polar surface area (TPSA) is 62.2 Å². The molecule has 0 bridgehead atoms. The van der Waals surface area contributed by atoms with E-state index in [4.69, 9.17) is 0 Å². The molecule has 0 aliphatic heterocycles. The van der Waals surface area contributed by atoms with E-state index < -0.39 is 5.82 Å². The summed E-state index contributed by atoms with van der Waals surface area (Å²) in [4.78, 5) is 28.4. The molecule has 122 valence electrons. The largest absolute Gasteiger partial charge is 0.361 e. The van der Waals surface area contributed by atoms with E-state index in [0.717, 1.165) is 6.20 Å². The third kappa shape index (κ3) is 4.21. The second kappa shape index (κ2) is 7.13. The number of carbonyl (C=O) groups excluding carboxylic acids is 1. The van der Waals surface area contributed by atoms with Crippen molar-refractivity contribution in [2.75, 3.05) is 30.4 Å². The van der Waals surface area contributed by atoms with Gasteiger partial charge in [0.05, 0.1) is 18.6 Å². The van der Waals surface area contributed by atoms with E-state index in [0.29, 0.717) is 18.2 Å². The second-order valence-corrected chi connectivity index (χ2v) is 5.80. The fourth-order valence-electron chi connectivity index (χ4n) is 1.97. The summed E-state index contributed by atoms with van der Waals surface area (Å²) in [5, 5.41) is 0. The SMILES string of the molecule is CC(C)CN(C(=O)c1cnc(N(C)C)cn1)c1ccc(F)cn1. The standard InChI is InChI=1S/C16H20FN5O/c1-11(2)10-22(14-6-5-12(17)7-19-14)16(23)13-8-20-15(9-18-13)21(3)4/h5-9,11H,10H2,1-4H3. The number of aromatic nitrogens is 3. The van der Waals surface area contributed by atoms with Gasteiger partial charge in [-0.15, -0.1) is 0 Å². The molecule has 0 atom stereocenters. The van der Waals surface area contributed by atoms with E-state index >= 15 is 0 Å². The highest BCUT2D eigenvalue weighted by Crippen LogP contribution is 2.16. The third-order valence-electron chi connectivity index (χ3n) is 3.10. The maximum Gasteiger partial charge on any atom is 0.279 e. The number of halogens is 1. The molecule has 0 N–H and O–H groups in total. The maximum atomic E-state index is 13.1. The molecule has 0 aliphatic rings. The van der Waals surface area contributed by atoms with Gasteiger partial charge in [-0.05, 0) is 18.1 Å². The van der Waals surface area contributed by atoms with Crippen LogP contribution < -0.4 is 9.80 Å². The molecule has 0 spiro atoms. The highest BCUT2D eigenvalue weighted by molar-refractivity contribution is 6.04. The summed E-state index contributed by atoms with van der Waals surface area (Å²) in [5.74, 6) is 0.525. The van der Waals surface area contributed by atoms with Crippen molar-refractivity contribution in [1.82, 2.24) is 15.0 Å². The van der Waals surface area contributed by atoms with Gasteiger partial charge >= 0.3 is 0 Å². The first-order chi connectivity index (χ1) is 10.9. The molecule has 6 nitrogen and oxygen atoms in total. The minimum absolute atomic E-state index is 0.222. The number of anilines is 2. The number of carbonyl (C=O) groups is 1. The summed E-state index contributed by atoms with van der Waals surface area (Å²) in [6.07, 6.45) is 4.07. The predicted molar refractivity (Wildman–Crippen MR) is 87.1 cm³/mol. The molecular formula is C16H20FN5O. The summed E-state index contributed by atoms with van der Waals surface area (Å²) < 4.78 is 13.1. The Morgan fingerprint density at radius 1 is 1.09 bits per heavy atom. The van der Waals surface area contributed by atoms with Crippen LogP contribution in [0.15, 0.2) is 30.7 Å². The van der Waals surface area contributed by atoms with Crippen molar-refractivity contribution in [2.24, 2.45) is 5.92 Å². The number of hydrogen-bond acceptors (Lipinski definition) is 5. The zero-order chi connectivity index (χ0) is 17.0. The van der Waals surface area contributed by atoms with Gasteiger partial charge in [0, 0.05) is 20.6 Å². The monoisotopic (exact) mass is 317 g/mol. The van der Waals surface area contributed by atoms with Crippen molar-refractivity contribution in [3.05, 3.63) is 42.2 Å². The van der Waals surface area contributed by atoms with Gasteiger partial charge in [-0.25, -0.2) is 19.3 Å². The summed E-state index contributed by atoms with van der Waals surface area (Å²) >= 11 is 0. The van der Waals surface area contributed by atoms with Gasteiger partial charge in [-0.2, -0.15) is 0 Å². The Morgan fingerprint density at radius 3 is 2.26 bits per heavy atom. The van der Waals surface area contributed by atoms with Gasteiger partial charge in [-0.3, -0.25) is 9.69 Å². The number of rotatable bonds is 5. The Hall–Kier alpha value is -2.57. The van der Waals surface area contributed by atoms with E-state index in [1.165, 1.54) is 23.2 Å². The number of nitrogens with zero attached hydrogens (tertiary/aromatic N) is 5. The Bertz CT molecular complexity index is 655. The van der Waals surface area contributed by atoms with E-state index in [-0.39, 0.29) is 17.5 Å². The minimum atomic E-state index is -0.444. The quantitative estimate of drug-likeness (QED) is 0.847. The average Bonchev–Trinajstić information content (AvgIpc) is 2.53. The highest BCUT2D eigenvalue weighted by atomic mass is 19.1. The Balaban J connectivity index is 2.30. The lowest BCUT2D eigenvalue weighted by atomic mass is 10.2. The zero-order valence-electron chi connectivity index (χ0n) is 13.7. The molecule has 2 rings (SSSR count). The van der Waals surface area contributed by atoms with Crippen LogP contribution in [0.1, 0.15) is 24.3 Å². The van der Waals surface area contributed by atoms with Crippen LogP contribution in [0.25, 0.3) is 0 Å². The molecule has 23 heavy (non-hydrogen) atoms. The van der Waals surface area contributed by atoms with Gasteiger partial charge in [-0.1, -0.05) is 13.8 Å². The average molecular weight is 317 g/mol. The van der Waals surface area contributed by atoms with E-state index in [1.807, 2.05) is 27.9 Å². The third-order valence-corrected chi connectivity index (χ3v) is 3.10. The first-order valence-corrected chi connectivity index (χ1v) is 7.31. The van der Waals surface area contributed by atoms with Gasteiger partial charge in [0.15, 0.2) is 0 Å². The van der Waals surface area contributed by atoms with Crippen molar-refractivity contribution >= 4 is 17.5 Å². The fraction of sp³-hybridized carbons (Fsp3) is 0.375. The molecule has 0 saturated carbocycles. The van der Waals surface area contributed by atoms with Crippen LogP contribution >= 0.6 is 0 Å². The van der Waals surface area contributed by atoms with Crippen molar-refractivity contribution in [1.29, 1.82) is 0 Å². The molecule has 2 aromatic rings. The van der Waals surface area contributed by atoms with E-state index in [1.54, 1.807) is 11.1 Å². The van der Waals surface area contributed by atoms with E-state index in [9.17, 15) is 9.18 Å². The maximum absolute atomic E-state index is 13.1. The number of pyridine rings is 1. The molecule has 0 radical (unpaired) electrons. The molecule has 0 aromatic carbocycles. The normalized spacial score (nSPS) is 10.7. The molecule has 0 aliphatic carbocycles. The van der Waals surface area contributed by atoms with Gasteiger partial charge in [0.2, 0.25) is 0 Å². The van der Waals surface area contributed by atoms with Gasteiger partial charge in [0.25, 0.3) is 5.91 Å². The predicted octanol–water partition coefficient (Wildman–Crippen LogP) is 2.38. The minimum Gasteiger partial charge on any atom is -0.361 e. The van der Waals surface area contributed by atoms with Crippen LogP contribution in [0.4, 0.5) is 16.0 Å². The second-order valence-electron chi connectivity index (χ2n) is 5.80. The first kappa shape index (κ1) is 16.8. The molecule has 0 saturated heterocycles. The lowest BCUT2D eigenvalue weighted by molar-refractivity contribution is 0.0978. The number of amides is 1. The van der Waals surface area contributed by atoms with Crippen LogP contribution in [0, 0.1) is 11.7 Å². The molecule has 7 heteroatoms. The van der Waals surface area contributed by atoms with Gasteiger partial charge in [0.1, 0.15) is 23.1 Å².